The van der Waals surface area contributed by atoms with Crippen LogP contribution in [-0.4, -0.2) is 19.4 Å². The van der Waals surface area contributed by atoms with Gasteiger partial charge in [-0.25, -0.2) is 0 Å². The minimum Gasteiger partial charge on any atom is -0.325 e. The molecule has 0 aliphatic rings. The Morgan fingerprint density at radius 3 is 1.75 bits per heavy atom. The summed E-state index contributed by atoms with van der Waals surface area (Å²) >= 11 is 0. The third-order valence-corrected chi connectivity index (χ3v) is 3.05. The first kappa shape index (κ1) is 12.2. The van der Waals surface area contributed by atoms with E-state index in [1.165, 1.54) is 0 Å². The smallest absolute Gasteiger partial charge is 0.197 e. The van der Waals surface area contributed by atoms with E-state index in [1.54, 1.807) is 13.3 Å². The van der Waals surface area contributed by atoms with Crippen LogP contribution >= 0.6 is 7.37 Å². The molecule has 0 aromatic heterocycles. The van der Waals surface area contributed by atoms with Gasteiger partial charge >= 0.3 is 0 Å². The van der Waals surface area contributed by atoms with Gasteiger partial charge < -0.3 is 4.52 Å². The van der Waals surface area contributed by atoms with Crippen LogP contribution in [0.15, 0.2) is 0 Å². The Balaban J connectivity index is 4.04. The van der Waals surface area contributed by atoms with Crippen LogP contribution in [0.2, 0.25) is 0 Å². The van der Waals surface area contributed by atoms with Crippen molar-refractivity contribution < 1.29 is 9.09 Å². The first-order valence-electron chi connectivity index (χ1n) is 4.47. The Labute approximate surface area is 76.1 Å². The summed E-state index contributed by atoms with van der Waals surface area (Å²) in [5.74, 6) is 1.03. The average molecular weight is 192 g/mol. The van der Waals surface area contributed by atoms with Gasteiger partial charge in [0.05, 0.1) is 6.10 Å². The fraction of sp³-hybridized carbons (Fsp3) is 1.00. The summed E-state index contributed by atoms with van der Waals surface area (Å²) < 4.78 is 16.7. The van der Waals surface area contributed by atoms with E-state index in [0.717, 1.165) is 0 Å². The normalized spacial score (nSPS) is 17.9. The first-order valence-corrected chi connectivity index (χ1v) is 6.99. The minimum absolute atomic E-state index is 0.0887. The lowest BCUT2D eigenvalue weighted by atomic mass is 9.93. The fourth-order valence-electron chi connectivity index (χ4n) is 1.04. The molecule has 2 unspecified atom stereocenters. The van der Waals surface area contributed by atoms with E-state index in [2.05, 4.69) is 20.8 Å². The maximum absolute atomic E-state index is 11.3. The van der Waals surface area contributed by atoms with Crippen LogP contribution in [0.5, 0.6) is 0 Å². The van der Waals surface area contributed by atoms with Gasteiger partial charge in [-0.2, -0.15) is 0 Å². The van der Waals surface area contributed by atoms with Crippen molar-refractivity contribution in [3.05, 3.63) is 0 Å². The predicted octanol–water partition coefficient (Wildman–Crippen LogP) is 3.22. The van der Waals surface area contributed by atoms with Crippen LogP contribution in [0.1, 0.15) is 27.7 Å². The Hall–Kier alpha value is 0.190. The Morgan fingerprint density at radius 2 is 1.50 bits per heavy atom. The van der Waals surface area contributed by atoms with Crippen LogP contribution < -0.4 is 0 Å². The molecule has 2 nitrogen and oxygen atoms in total. The topological polar surface area (TPSA) is 26.3 Å². The van der Waals surface area contributed by atoms with Gasteiger partial charge in [-0.15, -0.1) is 0 Å². The molecule has 2 atom stereocenters. The first-order chi connectivity index (χ1) is 5.24. The molecular formula is C9H21O2P. The van der Waals surface area contributed by atoms with Crippen molar-refractivity contribution in [1.82, 2.24) is 0 Å². The molecule has 0 bridgehead atoms. The zero-order chi connectivity index (χ0) is 9.94. The second-order valence-electron chi connectivity index (χ2n) is 4.17. The third kappa shape index (κ3) is 4.95. The van der Waals surface area contributed by atoms with E-state index in [1.807, 2.05) is 6.92 Å². The summed E-state index contributed by atoms with van der Waals surface area (Å²) in [5, 5.41) is 0. The lowest BCUT2D eigenvalue weighted by molar-refractivity contribution is 0.138. The highest BCUT2D eigenvalue weighted by molar-refractivity contribution is 7.57. The molecule has 0 rings (SSSR count). The van der Waals surface area contributed by atoms with Crippen LogP contribution in [0.25, 0.3) is 0 Å². The van der Waals surface area contributed by atoms with Crippen molar-refractivity contribution in [2.45, 2.75) is 33.8 Å². The monoisotopic (exact) mass is 192 g/mol. The molecule has 0 saturated carbocycles. The van der Waals surface area contributed by atoms with Gasteiger partial charge in [0.25, 0.3) is 0 Å². The Kier molecular flexibility index (Phi) is 4.50. The second-order valence-corrected chi connectivity index (χ2v) is 6.88. The van der Waals surface area contributed by atoms with Gasteiger partial charge in [0.15, 0.2) is 7.37 Å². The summed E-state index contributed by atoms with van der Waals surface area (Å²) in [6, 6.07) is 0. The minimum atomic E-state index is -2.32. The molecule has 0 amide bonds. The summed E-state index contributed by atoms with van der Waals surface area (Å²) in [4.78, 5) is 0. The molecule has 0 spiro atoms. The number of hydrogen-bond acceptors (Lipinski definition) is 2. The highest BCUT2D eigenvalue weighted by Crippen LogP contribution is 2.40. The lowest BCUT2D eigenvalue weighted by Crippen LogP contribution is -2.21. The quantitative estimate of drug-likeness (QED) is 0.639. The molecule has 0 aliphatic carbocycles. The molecule has 3 heteroatoms. The van der Waals surface area contributed by atoms with E-state index >= 15 is 0 Å². The van der Waals surface area contributed by atoms with Gasteiger partial charge in [-0.05, 0) is 18.8 Å². The SMILES string of the molecule is CC(C)C(C)C(C)OP(C)(C)=O. The summed E-state index contributed by atoms with van der Waals surface area (Å²) in [7, 11) is -2.32. The van der Waals surface area contributed by atoms with E-state index in [0.29, 0.717) is 11.8 Å². The largest absolute Gasteiger partial charge is 0.325 e. The molecule has 0 aliphatic heterocycles. The number of hydrogen-bond donors (Lipinski definition) is 0. The van der Waals surface area contributed by atoms with Crippen molar-refractivity contribution in [2.24, 2.45) is 11.8 Å². The molecule has 0 saturated heterocycles. The molecule has 0 fully saturated rings. The van der Waals surface area contributed by atoms with Gasteiger partial charge in [-0.3, -0.25) is 4.57 Å². The summed E-state index contributed by atoms with van der Waals surface area (Å²) in [6.45, 7) is 11.8. The molecule has 74 valence electrons. The zero-order valence-electron chi connectivity index (χ0n) is 9.00. The average Bonchev–Trinajstić information content (AvgIpc) is 1.82. The Morgan fingerprint density at radius 1 is 1.08 bits per heavy atom. The van der Waals surface area contributed by atoms with E-state index in [-0.39, 0.29) is 6.10 Å². The molecule has 0 aromatic carbocycles. The van der Waals surface area contributed by atoms with E-state index in [4.69, 9.17) is 4.52 Å². The van der Waals surface area contributed by atoms with Crippen molar-refractivity contribution in [2.75, 3.05) is 13.3 Å². The molecule has 0 heterocycles. The predicted molar refractivity (Wildman–Crippen MR) is 54.0 cm³/mol. The summed E-state index contributed by atoms with van der Waals surface area (Å²) in [5.41, 5.74) is 0. The fourth-order valence-corrected chi connectivity index (χ4v) is 2.03. The van der Waals surface area contributed by atoms with Gasteiger partial charge in [0, 0.05) is 13.3 Å². The zero-order valence-corrected chi connectivity index (χ0v) is 9.89. The van der Waals surface area contributed by atoms with Crippen LogP contribution in [-0.2, 0) is 9.09 Å². The molecule has 12 heavy (non-hydrogen) atoms. The van der Waals surface area contributed by atoms with Crippen LogP contribution in [0, 0.1) is 11.8 Å². The van der Waals surface area contributed by atoms with E-state index < -0.39 is 7.37 Å². The molecule has 0 N–H and O–H groups in total. The van der Waals surface area contributed by atoms with Gasteiger partial charge in [-0.1, -0.05) is 20.8 Å². The van der Waals surface area contributed by atoms with Crippen LogP contribution in [0.3, 0.4) is 0 Å². The highest BCUT2D eigenvalue weighted by atomic mass is 31.2. The van der Waals surface area contributed by atoms with Gasteiger partial charge in [0.2, 0.25) is 0 Å². The van der Waals surface area contributed by atoms with Crippen molar-refractivity contribution >= 4 is 7.37 Å². The van der Waals surface area contributed by atoms with Crippen LogP contribution in [0.4, 0.5) is 0 Å². The number of rotatable bonds is 4. The second kappa shape index (κ2) is 4.43. The van der Waals surface area contributed by atoms with Gasteiger partial charge in [0.1, 0.15) is 0 Å². The maximum Gasteiger partial charge on any atom is 0.197 e. The van der Waals surface area contributed by atoms with Crippen molar-refractivity contribution in [3.8, 4) is 0 Å². The van der Waals surface area contributed by atoms with Crippen molar-refractivity contribution in [3.63, 3.8) is 0 Å². The summed E-state index contributed by atoms with van der Waals surface area (Å²) in [6.07, 6.45) is 0.0887. The Bertz CT molecular complexity index is 171. The highest BCUT2D eigenvalue weighted by Gasteiger charge is 2.20. The third-order valence-electron chi connectivity index (χ3n) is 2.21. The molecule has 0 aromatic rings. The lowest BCUT2D eigenvalue weighted by Gasteiger charge is -2.25. The van der Waals surface area contributed by atoms with Crippen molar-refractivity contribution in [1.29, 1.82) is 0 Å². The molecular weight excluding hydrogens is 171 g/mol. The maximum atomic E-state index is 11.3. The van der Waals surface area contributed by atoms with E-state index in [9.17, 15) is 4.57 Å². The molecule has 0 radical (unpaired) electrons. The standard InChI is InChI=1S/C9H21O2P/c1-7(2)8(3)9(4)11-12(5,6)10/h7-9H,1-6H3.